The zero-order chi connectivity index (χ0) is 29.6. The number of hydrogen-bond acceptors (Lipinski definition) is 7. The summed E-state index contributed by atoms with van der Waals surface area (Å²) in [6.07, 6.45) is -0.414. The summed E-state index contributed by atoms with van der Waals surface area (Å²) in [5, 5.41) is 9.93. The maximum Gasteiger partial charge on any atom is 0.438 e. The SMILES string of the molecule is CC(C)(C)OC(=O)/N=C1\OC2C[C@@H]2C(CF)(c2cc(-c3cncc(F)c3)c(CO)cc2F)N1C(=O)OC(C)(C)C. The normalized spacial score (nSPS) is 23.4. The zero-order valence-electron chi connectivity index (χ0n) is 23.1. The van der Waals surface area contributed by atoms with Crippen molar-refractivity contribution < 1.29 is 42.1 Å². The van der Waals surface area contributed by atoms with Gasteiger partial charge in [0.25, 0.3) is 0 Å². The van der Waals surface area contributed by atoms with E-state index in [1.165, 1.54) is 12.3 Å². The van der Waals surface area contributed by atoms with E-state index in [2.05, 4.69) is 9.98 Å². The number of rotatable bonds is 4. The lowest BCUT2D eigenvalue weighted by atomic mass is 9.81. The second-order valence-electron chi connectivity index (χ2n) is 11.8. The van der Waals surface area contributed by atoms with E-state index in [4.69, 9.17) is 14.2 Å². The van der Waals surface area contributed by atoms with Crippen molar-refractivity contribution in [3.05, 3.63) is 53.4 Å². The van der Waals surface area contributed by atoms with E-state index in [-0.39, 0.29) is 28.7 Å². The van der Waals surface area contributed by atoms with E-state index in [0.29, 0.717) is 0 Å². The first-order valence-electron chi connectivity index (χ1n) is 12.7. The van der Waals surface area contributed by atoms with Crippen molar-refractivity contribution in [2.24, 2.45) is 10.9 Å². The average Bonchev–Trinajstić information content (AvgIpc) is 3.60. The van der Waals surface area contributed by atoms with Crippen LogP contribution in [0.3, 0.4) is 0 Å². The number of fused-ring (bicyclic) bond motifs is 1. The van der Waals surface area contributed by atoms with Gasteiger partial charge in [-0.3, -0.25) is 4.98 Å². The molecule has 2 heterocycles. The number of amidine groups is 1. The molecule has 2 amide bonds. The Kier molecular flexibility index (Phi) is 7.61. The van der Waals surface area contributed by atoms with E-state index >= 15 is 8.78 Å². The van der Waals surface area contributed by atoms with E-state index in [1.54, 1.807) is 41.5 Å². The van der Waals surface area contributed by atoms with Gasteiger partial charge in [-0.05, 0) is 77.3 Å². The monoisotopic (exact) mass is 563 g/mol. The van der Waals surface area contributed by atoms with Crippen molar-refractivity contribution in [3.8, 4) is 11.1 Å². The molecule has 1 N–H and O–H groups in total. The van der Waals surface area contributed by atoms with E-state index < -0.39 is 71.9 Å². The van der Waals surface area contributed by atoms with Crippen LogP contribution in [0.5, 0.6) is 0 Å². The van der Waals surface area contributed by atoms with Gasteiger partial charge in [0.15, 0.2) is 0 Å². The summed E-state index contributed by atoms with van der Waals surface area (Å²) in [5.74, 6) is -2.36. The molecule has 4 rings (SSSR count). The molecule has 1 aliphatic carbocycles. The number of pyridine rings is 1. The first-order valence-corrected chi connectivity index (χ1v) is 12.7. The fraction of sp³-hybridized carbons (Fsp3) is 0.500. The van der Waals surface area contributed by atoms with Crippen LogP contribution in [0, 0.1) is 17.6 Å². The number of nitrogens with zero attached hydrogens (tertiary/aromatic N) is 3. The first-order chi connectivity index (χ1) is 18.6. The number of amides is 2. The summed E-state index contributed by atoms with van der Waals surface area (Å²) in [7, 11) is 0. The number of carbonyl (C=O) groups is 2. The van der Waals surface area contributed by atoms with Gasteiger partial charge in [0.05, 0.1) is 12.8 Å². The van der Waals surface area contributed by atoms with Crippen LogP contribution in [0.1, 0.15) is 59.1 Å². The second kappa shape index (κ2) is 10.4. The standard InChI is InChI=1S/C28H32F3N3O6/c1-26(2,3)39-24(36)33-23-34(25(37)40-27(4,5)6)28(14-29,20-10-22(20)38-23)19-9-18(16(13-35)8-21(19)31)15-7-17(30)12-32-11-15/h7-9,11-12,20,22,35H,10,13-14H2,1-6H3/b33-23-/t20-,22?,28?/m0/s1. The number of aliphatic imine (C=N–C) groups is 1. The lowest BCUT2D eigenvalue weighted by Gasteiger charge is -2.45. The van der Waals surface area contributed by atoms with Gasteiger partial charge in [0, 0.05) is 23.2 Å². The topological polar surface area (TPSA) is 111 Å². The van der Waals surface area contributed by atoms with Crippen molar-refractivity contribution >= 4 is 18.2 Å². The molecule has 1 saturated heterocycles. The van der Waals surface area contributed by atoms with Gasteiger partial charge in [-0.2, -0.15) is 0 Å². The van der Waals surface area contributed by atoms with Gasteiger partial charge in [0.2, 0.25) is 0 Å². The number of halogens is 3. The van der Waals surface area contributed by atoms with Crippen LogP contribution < -0.4 is 0 Å². The van der Waals surface area contributed by atoms with Crippen molar-refractivity contribution in [1.82, 2.24) is 9.88 Å². The number of aromatic nitrogens is 1. The predicted molar refractivity (Wildman–Crippen MR) is 138 cm³/mol. The van der Waals surface area contributed by atoms with Gasteiger partial charge >= 0.3 is 18.2 Å². The summed E-state index contributed by atoms with van der Waals surface area (Å²) in [6.45, 7) is 7.68. The van der Waals surface area contributed by atoms with Crippen molar-refractivity contribution in [2.45, 2.75) is 77.4 Å². The smallest absolute Gasteiger partial charge is 0.438 e. The van der Waals surface area contributed by atoms with Crippen molar-refractivity contribution in [2.75, 3.05) is 6.67 Å². The molecule has 2 aliphatic rings. The third-order valence-electron chi connectivity index (χ3n) is 6.40. The van der Waals surface area contributed by atoms with Crippen LogP contribution >= 0.6 is 0 Å². The van der Waals surface area contributed by atoms with Gasteiger partial charge in [-0.1, -0.05) is 0 Å². The molecule has 216 valence electrons. The molecule has 0 radical (unpaired) electrons. The number of benzene rings is 1. The Morgan fingerprint density at radius 1 is 1.12 bits per heavy atom. The minimum atomic E-state index is -2.06. The lowest BCUT2D eigenvalue weighted by Crippen LogP contribution is -2.61. The molecule has 3 atom stereocenters. The molecule has 1 aromatic carbocycles. The molecule has 2 aromatic rings. The molecule has 1 aromatic heterocycles. The van der Waals surface area contributed by atoms with Crippen molar-refractivity contribution in [1.29, 1.82) is 0 Å². The van der Waals surface area contributed by atoms with Gasteiger partial charge in [-0.15, -0.1) is 4.99 Å². The number of carbonyl (C=O) groups excluding carboxylic acids is 2. The van der Waals surface area contributed by atoms with Crippen LogP contribution in [0.4, 0.5) is 22.8 Å². The predicted octanol–water partition coefficient (Wildman–Crippen LogP) is 5.63. The molecule has 0 spiro atoms. The van der Waals surface area contributed by atoms with Crippen LogP contribution in [0.2, 0.25) is 0 Å². The molecule has 1 aliphatic heterocycles. The minimum Gasteiger partial charge on any atom is -0.461 e. The largest absolute Gasteiger partial charge is 0.461 e. The Balaban J connectivity index is 1.95. The Morgan fingerprint density at radius 2 is 1.80 bits per heavy atom. The Morgan fingerprint density at radius 3 is 2.38 bits per heavy atom. The maximum absolute atomic E-state index is 15.9. The summed E-state index contributed by atoms with van der Waals surface area (Å²) in [6, 6.07) is 2.79. The molecule has 1 saturated carbocycles. The van der Waals surface area contributed by atoms with Crippen molar-refractivity contribution in [3.63, 3.8) is 0 Å². The van der Waals surface area contributed by atoms with Crippen LogP contribution in [-0.4, -0.2) is 57.2 Å². The first kappa shape index (κ1) is 29.3. The highest BCUT2D eigenvalue weighted by Crippen LogP contribution is 2.56. The Labute approximate surface area is 230 Å². The molecule has 9 nitrogen and oxygen atoms in total. The van der Waals surface area contributed by atoms with E-state index in [1.807, 2.05) is 0 Å². The van der Waals surface area contributed by atoms with E-state index in [9.17, 15) is 19.1 Å². The quantitative estimate of drug-likeness (QED) is 0.513. The Bertz CT molecular complexity index is 1350. The molecular formula is C28H32F3N3O6. The van der Waals surface area contributed by atoms with Crippen LogP contribution in [-0.2, 0) is 26.4 Å². The van der Waals surface area contributed by atoms with Crippen LogP contribution in [0.25, 0.3) is 11.1 Å². The zero-order valence-corrected chi connectivity index (χ0v) is 23.1. The molecule has 40 heavy (non-hydrogen) atoms. The maximum atomic E-state index is 15.9. The fourth-order valence-electron chi connectivity index (χ4n) is 4.77. The third-order valence-corrected chi connectivity index (χ3v) is 6.40. The van der Waals surface area contributed by atoms with E-state index in [0.717, 1.165) is 23.2 Å². The number of alkyl halides is 1. The molecule has 0 bridgehead atoms. The summed E-state index contributed by atoms with van der Waals surface area (Å²) in [4.78, 5) is 34.7. The number of aliphatic hydroxyl groups is 1. The summed E-state index contributed by atoms with van der Waals surface area (Å²) in [5.41, 5.74) is -3.87. The van der Waals surface area contributed by atoms with Gasteiger partial charge in [0.1, 0.15) is 41.2 Å². The average molecular weight is 564 g/mol. The van der Waals surface area contributed by atoms with Gasteiger partial charge in [-0.25, -0.2) is 27.7 Å². The van der Waals surface area contributed by atoms with Gasteiger partial charge < -0.3 is 19.3 Å². The lowest BCUT2D eigenvalue weighted by molar-refractivity contribution is -0.0218. The Hall–Kier alpha value is -3.67. The minimum absolute atomic E-state index is 0.0912. The molecule has 2 fully saturated rings. The number of aliphatic hydroxyl groups excluding tert-OH is 1. The fourth-order valence-corrected chi connectivity index (χ4v) is 4.77. The molecular weight excluding hydrogens is 531 g/mol. The highest BCUT2D eigenvalue weighted by atomic mass is 19.1. The highest BCUT2D eigenvalue weighted by molar-refractivity contribution is 5.98. The molecule has 12 heteroatoms. The summed E-state index contributed by atoms with van der Waals surface area (Å²) >= 11 is 0. The third kappa shape index (κ3) is 5.77. The number of hydrogen-bond donors (Lipinski definition) is 1. The van der Waals surface area contributed by atoms with Crippen LogP contribution in [0.15, 0.2) is 35.6 Å². The highest BCUT2D eigenvalue weighted by Gasteiger charge is 2.67. The number of ether oxygens (including phenoxy) is 3. The second-order valence-corrected chi connectivity index (χ2v) is 11.8. The summed E-state index contributed by atoms with van der Waals surface area (Å²) < 4.78 is 62.0. The molecule has 2 unspecified atom stereocenters.